The highest BCUT2D eigenvalue weighted by Gasteiger charge is 2.45. The Hall–Kier alpha value is -6.89. The number of esters is 1. The number of carbonyl (C=O) groups excluding carboxylic acids is 4. The highest BCUT2D eigenvalue weighted by atomic mass is 32.1. The van der Waals surface area contributed by atoms with Gasteiger partial charge in [0.25, 0.3) is 5.89 Å². The highest BCUT2D eigenvalue weighted by molar-refractivity contribution is 7.15. The van der Waals surface area contributed by atoms with Crippen LogP contribution in [0.5, 0.6) is 0 Å². The Morgan fingerprint density at radius 3 is 2.30 bits per heavy atom. The molecule has 1 saturated heterocycles. The zero-order chi connectivity index (χ0) is 49.1. The van der Waals surface area contributed by atoms with Crippen LogP contribution in [0, 0.1) is 33.1 Å². The molecule has 3 aromatic carbocycles. The summed E-state index contributed by atoms with van der Waals surface area (Å²) in [4.78, 5) is 72.4. The number of aliphatic imine (C=N–C) groups is 1. The maximum absolute atomic E-state index is 14.4. The molecule has 9 rings (SSSR count). The van der Waals surface area contributed by atoms with Crippen molar-refractivity contribution in [3.63, 3.8) is 0 Å². The van der Waals surface area contributed by atoms with E-state index in [4.69, 9.17) is 14.1 Å². The maximum atomic E-state index is 14.4. The van der Waals surface area contributed by atoms with Crippen LogP contribution in [-0.4, -0.2) is 96.0 Å². The summed E-state index contributed by atoms with van der Waals surface area (Å²) in [6.07, 6.45) is -0.867. The van der Waals surface area contributed by atoms with Gasteiger partial charge in [0.2, 0.25) is 11.8 Å². The van der Waals surface area contributed by atoms with Gasteiger partial charge in [0.1, 0.15) is 34.5 Å². The number of carbonyl (C=O) groups is 4. The van der Waals surface area contributed by atoms with Gasteiger partial charge in [0, 0.05) is 29.0 Å². The lowest BCUT2D eigenvalue weighted by Crippen LogP contribution is -2.57. The van der Waals surface area contributed by atoms with Gasteiger partial charge in [-0.15, -0.1) is 32.9 Å². The summed E-state index contributed by atoms with van der Waals surface area (Å²) < 4.78 is 13.0. The van der Waals surface area contributed by atoms with Gasteiger partial charge in [0.15, 0.2) is 11.4 Å². The number of benzene rings is 3. The normalized spacial score (nSPS) is 17.7. The van der Waals surface area contributed by atoms with Gasteiger partial charge < -0.3 is 29.8 Å². The molecule has 3 amide bonds. The Kier molecular flexibility index (Phi) is 12.7. The molecule has 0 bridgehead atoms. The molecule has 16 nitrogen and oxygen atoms in total. The number of ether oxygens (including phenoxy) is 1. The fraction of sp³-hybridized carbons (Fsp3) is 0.353. The van der Waals surface area contributed by atoms with E-state index in [1.54, 1.807) is 28.7 Å². The lowest BCUT2D eigenvalue weighted by Gasteiger charge is -2.35. The van der Waals surface area contributed by atoms with E-state index in [0.717, 1.165) is 65.1 Å². The molecule has 0 unspecified atom stereocenters. The number of likely N-dealkylation sites (tertiary alicyclic amines) is 1. The number of aryl methyl sites for hydroxylation is 3. The zero-order valence-electron chi connectivity index (χ0n) is 39.8. The number of rotatable bonds is 11. The monoisotopic (exact) mass is 967 g/mol. The van der Waals surface area contributed by atoms with Crippen molar-refractivity contribution in [2.24, 2.45) is 10.4 Å². The number of aliphatic hydroxyl groups excluding tert-OH is 1. The number of amides is 3. The Balaban J connectivity index is 0.914. The quantitative estimate of drug-likeness (QED) is 0.106. The summed E-state index contributed by atoms with van der Waals surface area (Å²) in [6, 6.07) is 18.3. The fourth-order valence-electron chi connectivity index (χ4n) is 9.00. The van der Waals surface area contributed by atoms with E-state index in [9.17, 15) is 24.3 Å². The summed E-state index contributed by atoms with van der Waals surface area (Å²) in [6.45, 7) is 15.3. The van der Waals surface area contributed by atoms with Crippen molar-refractivity contribution in [3.8, 4) is 26.6 Å². The molecule has 1 fully saturated rings. The summed E-state index contributed by atoms with van der Waals surface area (Å²) in [5.41, 5.74) is 10.0. The van der Waals surface area contributed by atoms with Crippen LogP contribution in [0.15, 0.2) is 81.7 Å². The molecule has 5 atom stereocenters. The second-order valence-electron chi connectivity index (χ2n) is 18.7. The highest BCUT2D eigenvalue weighted by Crippen LogP contribution is 2.40. The topological polar surface area (TPSA) is 207 Å². The number of thiazole rings is 1. The second-order valence-corrected chi connectivity index (χ2v) is 20.8. The standard InChI is InChI=1S/C51H53N9O7S2/c1-25-28(4)69-50-41(25)42(54-37(22-40(62)66-9)45-58-57-29(5)60(45)50)32-14-12-31(13-15-32)34-18-19-39-36(20-34)55-48(67-39)47(64)56-44(51(6,7)8)49(65)59-23-35(61)21-38(59)46(63)53-26(2)30-10-16-33(17-11-30)43-27(3)52-24-68-43/h10-20,24,26,35,37-38,44,61H,21-23H2,1-9H3,(H,53,63)(H,56,64)/t26-,35+,37-,38-,44+/m0/s1. The van der Waals surface area contributed by atoms with E-state index in [1.165, 1.54) is 12.0 Å². The third-order valence-electron chi connectivity index (χ3n) is 12.9. The van der Waals surface area contributed by atoms with E-state index in [1.807, 2.05) is 112 Å². The van der Waals surface area contributed by atoms with Crippen molar-refractivity contribution in [1.82, 2.24) is 40.3 Å². The molecule has 0 spiro atoms. The van der Waals surface area contributed by atoms with Crippen LogP contribution < -0.4 is 10.6 Å². The van der Waals surface area contributed by atoms with Crippen molar-refractivity contribution in [2.75, 3.05) is 13.7 Å². The van der Waals surface area contributed by atoms with Crippen LogP contribution in [-0.2, 0) is 19.1 Å². The Morgan fingerprint density at radius 1 is 0.928 bits per heavy atom. The molecule has 356 valence electrons. The van der Waals surface area contributed by atoms with Gasteiger partial charge in [-0.2, -0.15) is 0 Å². The van der Waals surface area contributed by atoms with Gasteiger partial charge in [0.05, 0.1) is 47.5 Å². The molecule has 3 N–H and O–H groups in total. The number of methoxy groups -OCH3 is 1. The summed E-state index contributed by atoms with van der Waals surface area (Å²) in [7, 11) is 1.36. The zero-order valence-corrected chi connectivity index (χ0v) is 41.4. The van der Waals surface area contributed by atoms with Gasteiger partial charge in [-0.05, 0) is 80.0 Å². The van der Waals surface area contributed by atoms with Crippen LogP contribution in [0.4, 0.5) is 0 Å². The minimum atomic E-state index is -1.09. The van der Waals surface area contributed by atoms with Crippen molar-refractivity contribution in [2.45, 2.75) is 98.5 Å². The van der Waals surface area contributed by atoms with Crippen LogP contribution in [0.3, 0.4) is 0 Å². The number of nitrogens with one attached hydrogen (secondary N) is 2. The first-order valence-corrected chi connectivity index (χ1v) is 24.4. The third kappa shape index (κ3) is 9.11. The van der Waals surface area contributed by atoms with Crippen LogP contribution in [0.1, 0.15) is 108 Å². The fourth-order valence-corrected chi connectivity index (χ4v) is 11.0. The van der Waals surface area contributed by atoms with E-state index in [2.05, 4.69) is 44.6 Å². The first-order chi connectivity index (χ1) is 32.9. The third-order valence-corrected chi connectivity index (χ3v) is 15.1. The Labute approximate surface area is 406 Å². The van der Waals surface area contributed by atoms with E-state index >= 15 is 0 Å². The van der Waals surface area contributed by atoms with Gasteiger partial charge >= 0.3 is 11.9 Å². The average molecular weight is 968 g/mol. The van der Waals surface area contributed by atoms with Crippen LogP contribution in [0.25, 0.3) is 37.7 Å². The van der Waals surface area contributed by atoms with Gasteiger partial charge in [-0.3, -0.25) is 28.7 Å². The number of aromatic nitrogens is 5. The minimum absolute atomic E-state index is 0.00143. The SMILES string of the molecule is COC(=O)C[C@@H]1N=C(c2ccc(-c3ccc4oc(C(=O)N[C@H](C(=O)N5C[C@H](O)C[C@H]5C(=O)N[C@@H](C)c5ccc(-c6scnc6C)cc5)C(C)(C)C)nc4c3)cc2)c2c(sc(C)c2C)-n2c(C)nnc21. The molecule has 7 aromatic rings. The lowest BCUT2D eigenvalue weighted by molar-refractivity contribution is -0.142. The molecule has 6 heterocycles. The smallest absolute Gasteiger partial charge is 0.308 e. The number of nitrogens with zero attached hydrogens (tertiary/aromatic N) is 7. The predicted molar refractivity (Wildman–Crippen MR) is 264 cm³/mol. The molecular weight excluding hydrogens is 915 g/mol. The number of thiophene rings is 1. The van der Waals surface area contributed by atoms with E-state index in [0.29, 0.717) is 22.7 Å². The predicted octanol–water partition coefficient (Wildman–Crippen LogP) is 7.93. The summed E-state index contributed by atoms with van der Waals surface area (Å²) in [5, 5.41) is 26.4. The molecule has 0 radical (unpaired) electrons. The molecule has 0 saturated carbocycles. The maximum Gasteiger partial charge on any atom is 0.308 e. The molecule has 2 aliphatic rings. The number of oxazole rings is 1. The molecular formula is C51H53N9O7S2. The van der Waals surface area contributed by atoms with Gasteiger partial charge in [-0.1, -0.05) is 75.4 Å². The number of β-amino-alcohol motifs (C(OH)–C–C–N with tert-alkyl or cyclic N) is 1. The lowest BCUT2D eigenvalue weighted by atomic mass is 9.85. The Bertz CT molecular complexity index is 3160. The van der Waals surface area contributed by atoms with Crippen molar-refractivity contribution in [3.05, 3.63) is 123 Å². The first kappa shape index (κ1) is 47.2. The van der Waals surface area contributed by atoms with E-state index < -0.39 is 53.3 Å². The minimum Gasteiger partial charge on any atom is -0.469 e. The molecule has 69 heavy (non-hydrogen) atoms. The molecule has 0 aliphatic carbocycles. The first-order valence-electron chi connectivity index (χ1n) is 22.7. The number of hydrogen-bond donors (Lipinski definition) is 3. The Morgan fingerprint density at radius 2 is 1.62 bits per heavy atom. The van der Waals surface area contributed by atoms with Crippen molar-refractivity contribution in [1.29, 1.82) is 0 Å². The largest absolute Gasteiger partial charge is 0.469 e. The van der Waals surface area contributed by atoms with Crippen molar-refractivity contribution < 1.29 is 33.4 Å². The number of aliphatic hydroxyl groups is 1. The summed E-state index contributed by atoms with van der Waals surface area (Å²) >= 11 is 3.20. The average Bonchev–Trinajstić information content (AvgIpc) is 4.16. The number of fused-ring (bicyclic) bond motifs is 4. The molecule has 4 aromatic heterocycles. The van der Waals surface area contributed by atoms with Crippen molar-refractivity contribution >= 4 is 63.2 Å². The van der Waals surface area contributed by atoms with E-state index in [-0.39, 0.29) is 31.3 Å². The summed E-state index contributed by atoms with van der Waals surface area (Å²) in [5.74, 6) is -0.949. The van der Waals surface area contributed by atoms with Gasteiger partial charge in [-0.25, -0.2) is 9.97 Å². The molecule has 18 heteroatoms. The molecule has 2 aliphatic heterocycles. The number of hydrogen-bond acceptors (Lipinski definition) is 14. The van der Waals surface area contributed by atoms with Crippen LogP contribution >= 0.6 is 22.7 Å². The second kappa shape index (κ2) is 18.5. The van der Waals surface area contributed by atoms with Crippen LogP contribution in [0.2, 0.25) is 0 Å².